The predicted octanol–water partition coefficient (Wildman–Crippen LogP) is 4.38. The van der Waals surface area contributed by atoms with Gasteiger partial charge in [0.15, 0.2) is 0 Å². The van der Waals surface area contributed by atoms with Gasteiger partial charge in [0.2, 0.25) is 5.91 Å². The molecule has 1 aliphatic heterocycles. The lowest BCUT2D eigenvalue weighted by atomic mass is 9.88. The Kier molecular flexibility index (Phi) is 9.14. The molecular weight excluding hydrogens is 433 g/mol. The highest BCUT2D eigenvalue weighted by atomic mass is 19.4. The number of hydrogen-bond acceptors (Lipinski definition) is 4. The summed E-state index contributed by atoms with van der Waals surface area (Å²) in [6.45, 7) is 3.42. The maximum absolute atomic E-state index is 13.0. The predicted molar refractivity (Wildman–Crippen MR) is 120 cm³/mol. The van der Waals surface area contributed by atoms with Gasteiger partial charge in [-0.3, -0.25) is 9.69 Å². The van der Waals surface area contributed by atoms with Crippen molar-refractivity contribution in [1.82, 2.24) is 10.2 Å². The monoisotopic (exact) mass is 464 g/mol. The summed E-state index contributed by atoms with van der Waals surface area (Å²) < 4.78 is 49.8. The lowest BCUT2D eigenvalue weighted by Gasteiger charge is -2.37. The molecule has 0 radical (unpaired) electrons. The number of rotatable bonds is 10. The number of carbonyl (C=O) groups excluding carboxylic acids is 1. The normalized spacial score (nSPS) is 19.3. The van der Waals surface area contributed by atoms with Crippen LogP contribution >= 0.6 is 0 Å². The van der Waals surface area contributed by atoms with Gasteiger partial charge in [0, 0.05) is 45.8 Å². The van der Waals surface area contributed by atoms with E-state index in [0.717, 1.165) is 24.1 Å². The molecule has 1 aliphatic rings. The average Bonchev–Trinajstić information content (AvgIpc) is 2.80. The lowest BCUT2D eigenvalue weighted by molar-refractivity contribution is -0.137. The number of nitrogens with one attached hydrogen (secondary N) is 1. The fourth-order valence-electron chi connectivity index (χ4n) is 4.13. The van der Waals surface area contributed by atoms with Crippen LogP contribution in [0.25, 0.3) is 0 Å². The van der Waals surface area contributed by atoms with Crippen LogP contribution in [0.3, 0.4) is 0 Å². The van der Waals surface area contributed by atoms with E-state index in [1.54, 1.807) is 7.11 Å². The molecule has 33 heavy (non-hydrogen) atoms. The zero-order chi connectivity index (χ0) is 23.7. The number of piperidine rings is 1. The van der Waals surface area contributed by atoms with Crippen molar-refractivity contribution in [3.8, 4) is 5.75 Å². The highest BCUT2D eigenvalue weighted by Gasteiger charge is 2.33. The molecule has 2 aromatic rings. The zero-order valence-corrected chi connectivity index (χ0v) is 18.8. The first-order valence-corrected chi connectivity index (χ1v) is 11.2. The van der Waals surface area contributed by atoms with Gasteiger partial charge in [-0.25, -0.2) is 0 Å². The van der Waals surface area contributed by atoms with E-state index in [9.17, 15) is 18.0 Å². The third-order valence-electron chi connectivity index (χ3n) is 5.70. The quantitative estimate of drug-likeness (QED) is 0.531. The SMILES string of the molecule is COCCCNC(=O)[C@@H]1C[C@H](COc2cccc(C(F)(F)F)c2)CN(Cc2ccccc2)C1. The molecular formula is C25H31F3N2O3. The Morgan fingerprint density at radius 2 is 1.91 bits per heavy atom. The smallest absolute Gasteiger partial charge is 0.416 e. The van der Waals surface area contributed by atoms with Crippen LogP contribution in [-0.4, -0.2) is 50.8 Å². The number of ether oxygens (including phenoxy) is 2. The molecule has 2 atom stereocenters. The van der Waals surface area contributed by atoms with Crippen LogP contribution in [0.1, 0.15) is 24.0 Å². The molecule has 0 aromatic heterocycles. The number of benzene rings is 2. The molecule has 1 heterocycles. The van der Waals surface area contributed by atoms with Gasteiger partial charge < -0.3 is 14.8 Å². The molecule has 180 valence electrons. The van der Waals surface area contributed by atoms with Crippen molar-refractivity contribution in [2.24, 2.45) is 11.8 Å². The molecule has 1 amide bonds. The second-order valence-corrected chi connectivity index (χ2v) is 8.45. The van der Waals surface area contributed by atoms with Crippen molar-refractivity contribution >= 4 is 5.91 Å². The van der Waals surface area contributed by atoms with E-state index in [4.69, 9.17) is 9.47 Å². The van der Waals surface area contributed by atoms with Gasteiger partial charge in [0.25, 0.3) is 0 Å². The molecule has 1 saturated heterocycles. The van der Waals surface area contributed by atoms with Crippen molar-refractivity contribution < 1.29 is 27.4 Å². The summed E-state index contributed by atoms with van der Waals surface area (Å²) in [5.41, 5.74) is 0.416. The van der Waals surface area contributed by atoms with Gasteiger partial charge in [-0.1, -0.05) is 36.4 Å². The van der Waals surface area contributed by atoms with E-state index >= 15 is 0 Å². The number of nitrogens with zero attached hydrogens (tertiary/aromatic N) is 1. The van der Waals surface area contributed by atoms with E-state index in [1.807, 2.05) is 30.3 Å². The van der Waals surface area contributed by atoms with E-state index in [-0.39, 0.29) is 30.1 Å². The second kappa shape index (κ2) is 12.0. The maximum Gasteiger partial charge on any atom is 0.416 e. The molecule has 1 fully saturated rings. The highest BCUT2D eigenvalue weighted by Crippen LogP contribution is 2.32. The highest BCUT2D eigenvalue weighted by molar-refractivity contribution is 5.79. The van der Waals surface area contributed by atoms with E-state index in [1.165, 1.54) is 12.1 Å². The van der Waals surface area contributed by atoms with Crippen LogP contribution in [0.2, 0.25) is 0 Å². The van der Waals surface area contributed by atoms with Crippen molar-refractivity contribution in [2.45, 2.75) is 25.6 Å². The number of halogens is 3. The Labute approximate surface area is 192 Å². The van der Waals surface area contributed by atoms with Gasteiger partial charge >= 0.3 is 6.18 Å². The number of methoxy groups -OCH3 is 1. The van der Waals surface area contributed by atoms with Crippen LogP contribution in [0.5, 0.6) is 5.75 Å². The van der Waals surface area contributed by atoms with Gasteiger partial charge in [0.1, 0.15) is 5.75 Å². The summed E-state index contributed by atoms with van der Waals surface area (Å²) in [4.78, 5) is 15.0. The third kappa shape index (κ3) is 8.05. The largest absolute Gasteiger partial charge is 0.493 e. The molecule has 8 heteroatoms. The summed E-state index contributed by atoms with van der Waals surface area (Å²) in [7, 11) is 1.62. The molecule has 0 aliphatic carbocycles. The van der Waals surface area contributed by atoms with Crippen LogP contribution in [0.4, 0.5) is 13.2 Å². The van der Waals surface area contributed by atoms with Crippen molar-refractivity contribution in [3.63, 3.8) is 0 Å². The van der Waals surface area contributed by atoms with E-state index in [0.29, 0.717) is 39.2 Å². The fourth-order valence-corrected chi connectivity index (χ4v) is 4.13. The first kappa shape index (κ1) is 25.1. The van der Waals surface area contributed by atoms with Gasteiger partial charge in [0.05, 0.1) is 18.1 Å². The van der Waals surface area contributed by atoms with E-state index < -0.39 is 11.7 Å². The number of alkyl halides is 3. The minimum absolute atomic E-state index is 0.00654. The fraction of sp³-hybridized carbons (Fsp3) is 0.480. The van der Waals surface area contributed by atoms with Gasteiger partial charge in [-0.2, -0.15) is 13.2 Å². The summed E-state index contributed by atoms with van der Waals surface area (Å²) in [5, 5.41) is 2.98. The average molecular weight is 465 g/mol. The molecule has 2 aromatic carbocycles. The summed E-state index contributed by atoms with van der Waals surface area (Å²) in [6, 6.07) is 14.9. The second-order valence-electron chi connectivity index (χ2n) is 8.45. The standard InChI is InChI=1S/C25H31F3N2O3/c1-32-12-6-11-29-24(31)21-13-20(16-30(17-21)15-19-7-3-2-4-8-19)18-33-23-10-5-9-22(14-23)25(26,27)28/h2-5,7-10,14,20-21H,6,11-13,15-18H2,1H3,(H,29,31)/t20-,21+/m0/s1. The van der Waals surface area contributed by atoms with Crippen LogP contribution in [0.15, 0.2) is 54.6 Å². The molecule has 0 spiro atoms. The Bertz CT molecular complexity index is 877. The molecule has 5 nitrogen and oxygen atoms in total. The van der Waals surface area contributed by atoms with Crippen LogP contribution in [0, 0.1) is 11.8 Å². The molecule has 0 saturated carbocycles. The summed E-state index contributed by atoms with van der Waals surface area (Å²) in [6.07, 6.45) is -3.05. The van der Waals surface area contributed by atoms with Crippen LogP contribution in [-0.2, 0) is 22.3 Å². The topological polar surface area (TPSA) is 50.8 Å². The Balaban J connectivity index is 1.64. The molecule has 0 unspecified atom stereocenters. The van der Waals surface area contributed by atoms with Gasteiger partial charge in [-0.05, 0) is 36.6 Å². The molecule has 1 N–H and O–H groups in total. The van der Waals surface area contributed by atoms with Crippen molar-refractivity contribution in [2.75, 3.05) is 40.0 Å². The molecule has 0 bridgehead atoms. The minimum atomic E-state index is -4.41. The summed E-state index contributed by atoms with van der Waals surface area (Å²) in [5.74, 6) is -0.00893. The summed E-state index contributed by atoms with van der Waals surface area (Å²) >= 11 is 0. The van der Waals surface area contributed by atoms with Crippen molar-refractivity contribution in [1.29, 1.82) is 0 Å². The van der Waals surface area contributed by atoms with Gasteiger partial charge in [-0.15, -0.1) is 0 Å². The Morgan fingerprint density at radius 1 is 1.12 bits per heavy atom. The number of likely N-dealkylation sites (tertiary alicyclic amines) is 1. The van der Waals surface area contributed by atoms with Crippen molar-refractivity contribution in [3.05, 3.63) is 65.7 Å². The lowest BCUT2D eigenvalue weighted by Crippen LogP contribution is -2.47. The number of amides is 1. The Morgan fingerprint density at radius 3 is 2.64 bits per heavy atom. The number of hydrogen-bond donors (Lipinski definition) is 1. The zero-order valence-electron chi connectivity index (χ0n) is 18.8. The third-order valence-corrected chi connectivity index (χ3v) is 5.70. The minimum Gasteiger partial charge on any atom is -0.493 e. The maximum atomic E-state index is 13.0. The van der Waals surface area contributed by atoms with Crippen LogP contribution < -0.4 is 10.1 Å². The molecule has 3 rings (SSSR count). The Hall–Kier alpha value is -2.58. The van der Waals surface area contributed by atoms with E-state index in [2.05, 4.69) is 10.2 Å². The first-order valence-electron chi connectivity index (χ1n) is 11.2. The number of carbonyl (C=O) groups is 1. The first-order chi connectivity index (χ1) is 15.8.